The van der Waals surface area contributed by atoms with Gasteiger partial charge in [-0.1, -0.05) is 206 Å². The monoisotopic (exact) mass is 890 g/mol. The van der Waals surface area contributed by atoms with Gasteiger partial charge in [0.2, 0.25) is 0 Å². The topological polar surface area (TPSA) is 8.17 Å². The maximum absolute atomic E-state index is 2.41. The van der Waals surface area contributed by atoms with Crippen LogP contribution in [0.15, 0.2) is 279 Å². The lowest BCUT2D eigenvalue weighted by molar-refractivity contribution is 1.18. The van der Waals surface area contributed by atoms with Crippen molar-refractivity contribution in [3.05, 3.63) is 279 Å². The summed E-state index contributed by atoms with van der Waals surface area (Å²) >= 11 is 0. The number of benzene rings is 12. The summed E-state index contributed by atoms with van der Waals surface area (Å²) in [5.74, 6) is 0. The first kappa shape index (κ1) is 41.0. The average Bonchev–Trinajstić information content (AvgIpc) is 3.78. The molecule has 0 aliphatic heterocycles. The van der Waals surface area contributed by atoms with Crippen LogP contribution >= 0.6 is 0 Å². The smallest absolute Gasteiger partial charge is 0.0541 e. The van der Waals surface area contributed by atoms with Crippen molar-refractivity contribution in [2.75, 3.05) is 4.90 Å². The number of fused-ring (bicyclic) bond motifs is 6. The predicted molar refractivity (Wildman–Crippen MR) is 298 cm³/mol. The van der Waals surface area contributed by atoms with Crippen LogP contribution in [0.25, 0.3) is 105 Å². The zero-order chi connectivity index (χ0) is 46.4. The normalized spacial score (nSPS) is 11.4. The van der Waals surface area contributed by atoms with Gasteiger partial charge in [0.15, 0.2) is 0 Å². The Hall–Kier alpha value is -9.24. The van der Waals surface area contributed by atoms with Gasteiger partial charge in [-0.15, -0.1) is 0 Å². The molecule has 1 aromatic heterocycles. The van der Waals surface area contributed by atoms with Crippen LogP contribution in [0.2, 0.25) is 0 Å². The van der Waals surface area contributed by atoms with E-state index in [0.29, 0.717) is 0 Å². The summed E-state index contributed by atoms with van der Waals surface area (Å²) in [6, 6.07) is 102. The van der Waals surface area contributed by atoms with E-state index in [4.69, 9.17) is 0 Å². The molecule has 0 radical (unpaired) electrons. The number of para-hydroxylation sites is 2. The van der Waals surface area contributed by atoms with Gasteiger partial charge >= 0.3 is 0 Å². The molecule has 0 spiro atoms. The van der Waals surface area contributed by atoms with Crippen molar-refractivity contribution in [2.24, 2.45) is 0 Å². The van der Waals surface area contributed by atoms with Gasteiger partial charge in [0, 0.05) is 33.5 Å². The van der Waals surface area contributed by atoms with Crippen LogP contribution < -0.4 is 4.90 Å². The van der Waals surface area contributed by atoms with Crippen molar-refractivity contribution < 1.29 is 0 Å². The quantitative estimate of drug-likeness (QED) is 0.131. The van der Waals surface area contributed by atoms with Crippen LogP contribution in [0.5, 0.6) is 0 Å². The lowest BCUT2D eigenvalue weighted by Crippen LogP contribution is -2.10. The molecule has 0 unspecified atom stereocenters. The molecule has 0 amide bonds. The summed E-state index contributed by atoms with van der Waals surface area (Å²) in [7, 11) is 0. The largest absolute Gasteiger partial charge is 0.310 e. The minimum absolute atomic E-state index is 1.08. The number of aromatic nitrogens is 1. The van der Waals surface area contributed by atoms with Gasteiger partial charge in [-0.05, 0) is 150 Å². The Balaban J connectivity index is 0.931. The second-order valence-electron chi connectivity index (χ2n) is 18.1. The Morgan fingerprint density at radius 2 is 0.629 bits per heavy atom. The third-order valence-electron chi connectivity index (χ3n) is 14.0. The Morgan fingerprint density at radius 3 is 1.29 bits per heavy atom. The summed E-state index contributed by atoms with van der Waals surface area (Å²) in [6.07, 6.45) is 0. The van der Waals surface area contributed by atoms with Crippen LogP contribution in [0.4, 0.5) is 17.1 Å². The average molecular weight is 891 g/mol. The molecule has 0 N–H and O–H groups in total. The van der Waals surface area contributed by atoms with Crippen LogP contribution in [-0.4, -0.2) is 4.57 Å². The highest BCUT2D eigenvalue weighted by molar-refractivity contribution is 6.22. The van der Waals surface area contributed by atoms with Crippen molar-refractivity contribution in [2.45, 2.75) is 0 Å². The molecule has 0 fully saturated rings. The van der Waals surface area contributed by atoms with Crippen molar-refractivity contribution in [3.8, 4) is 61.3 Å². The molecule has 12 aromatic carbocycles. The summed E-state index contributed by atoms with van der Waals surface area (Å²) < 4.78 is 2.37. The second kappa shape index (κ2) is 17.4. The fourth-order valence-corrected chi connectivity index (χ4v) is 10.7. The molecule has 2 nitrogen and oxygen atoms in total. The molecule has 0 saturated heterocycles. The van der Waals surface area contributed by atoms with Gasteiger partial charge in [-0.3, -0.25) is 0 Å². The van der Waals surface area contributed by atoms with Crippen LogP contribution in [0, 0.1) is 0 Å². The fraction of sp³-hybridized carbons (Fsp3) is 0. The number of anilines is 3. The van der Waals surface area contributed by atoms with E-state index >= 15 is 0 Å². The Kier molecular flexibility index (Phi) is 10.2. The molecule has 13 aromatic rings. The van der Waals surface area contributed by atoms with Gasteiger partial charge in [0.05, 0.1) is 11.0 Å². The maximum atomic E-state index is 2.41. The molecule has 0 atom stereocenters. The summed E-state index contributed by atoms with van der Waals surface area (Å²) in [4.78, 5) is 2.38. The first-order valence-electron chi connectivity index (χ1n) is 24.1. The van der Waals surface area contributed by atoms with E-state index in [9.17, 15) is 0 Å². The van der Waals surface area contributed by atoms with Crippen molar-refractivity contribution in [1.82, 2.24) is 4.57 Å². The Morgan fingerprint density at radius 1 is 0.214 bits per heavy atom. The van der Waals surface area contributed by atoms with E-state index in [1.807, 2.05) is 0 Å². The van der Waals surface area contributed by atoms with Gasteiger partial charge in [0.1, 0.15) is 0 Å². The predicted octanol–water partition coefficient (Wildman–Crippen LogP) is 18.9. The highest BCUT2D eigenvalue weighted by atomic mass is 15.1. The van der Waals surface area contributed by atoms with Crippen molar-refractivity contribution in [3.63, 3.8) is 0 Å². The number of hydrogen-bond acceptors (Lipinski definition) is 1. The van der Waals surface area contributed by atoms with Gasteiger partial charge in [-0.2, -0.15) is 0 Å². The molecule has 0 aliphatic carbocycles. The molecule has 2 heteroatoms. The lowest BCUT2D eigenvalue weighted by Gasteiger charge is -2.26. The molecule has 1 heterocycles. The molecule has 0 bridgehead atoms. The van der Waals surface area contributed by atoms with Gasteiger partial charge < -0.3 is 9.47 Å². The first-order chi connectivity index (χ1) is 34.7. The Labute approximate surface area is 408 Å². The van der Waals surface area contributed by atoms with Crippen LogP contribution in [0.3, 0.4) is 0 Å². The van der Waals surface area contributed by atoms with Crippen molar-refractivity contribution >= 4 is 60.4 Å². The molecular formula is C68H46N2. The standard InChI is InChI=1S/C68H46N2/c1-5-18-47(19-6-1)48-32-38-56(39-33-48)69(58-27-17-24-52(44-58)54-37-43-66-63(45-54)61-29-15-16-31-65(61)70(66)55-25-11-4-12-26-55)57-40-34-49(35-41-57)53-36-42-60-59-28-13-14-30-62(59)67(50-20-7-2-8-21-50)68(64(60)46-53)51-22-9-3-10-23-51/h1-46H. The van der Waals surface area contributed by atoms with Gasteiger partial charge in [-0.25, -0.2) is 0 Å². The van der Waals surface area contributed by atoms with Gasteiger partial charge in [0.25, 0.3) is 0 Å². The molecule has 70 heavy (non-hydrogen) atoms. The highest BCUT2D eigenvalue weighted by Gasteiger charge is 2.20. The SMILES string of the molecule is c1ccc(-c2ccc(N(c3ccc(-c4ccc5c(c4)c(-c4ccccc4)c(-c4ccccc4)c4ccccc45)cc3)c3cccc(-c4ccc5c(c4)c4ccccc4n5-c4ccccc4)c3)cc2)cc1. The first-order valence-corrected chi connectivity index (χ1v) is 24.1. The van der Waals surface area contributed by atoms with Crippen LogP contribution in [0.1, 0.15) is 0 Å². The minimum atomic E-state index is 1.08. The Bertz CT molecular complexity index is 4010. The van der Waals surface area contributed by atoms with E-state index in [0.717, 1.165) is 33.9 Å². The summed E-state index contributed by atoms with van der Waals surface area (Å²) in [5, 5.41) is 7.49. The molecule has 0 saturated carbocycles. The molecule has 0 aliphatic rings. The van der Waals surface area contributed by atoms with E-state index in [-0.39, 0.29) is 0 Å². The van der Waals surface area contributed by atoms with Crippen LogP contribution in [-0.2, 0) is 0 Å². The van der Waals surface area contributed by atoms with Crippen molar-refractivity contribution in [1.29, 1.82) is 0 Å². The number of hydrogen-bond donors (Lipinski definition) is 0. The van der Waals surface area contributed by atoms with E-state index in [2.05, 4.69) is 289 Å². The fourth-order valence-electron chi connectivity index (χ4n) is 10.7. The maximum Gasteiger partial charge on any atom is 0.0541 e. The summed E-state index contributed by atoms with van der Waals surface area (Å²) in [5.41, 5.74) is 18.8. The van der Waals surface area contributed by atoms with E-state index < -0.39 is 0 Å². The highest BCUT2D eigenvalue weighted by Crippen LogP contribution is 2.46. The third-order valence-corrected chi connectivity index (χ3v) is 14.0. The number of nitrogens with zero attached hydrogens (tertiary/aromatic N) is 2. The lowest BCUT2D eigenvalue weighted by atomic mass is 9.84. The zero-order valence-electron chi connectivity index (χ0n) is 38.5. The molecular weight excluding hydrogens is 845 g/mol. The molecule has 13 rings (SSSR count). The van der Waals surface area contributed by atoms with E-state index in [1.54, 1.807) is 0 Å². The van der Waals surface area contributed by atoms with E-state index in [1.165, 1.54) is 87.9 Å². The second-order valence-corrected chi connectivity index (χ2v) is 18.1. The minimum Gasteiger partial charge on any atom is -0.310 e. The third kappa shape index (κ3) is 7.22. The zero-order valence-corrected chi connectivity index (χ0v) is 38.5. The number of rotatable bonds is 9. The molecule has 328 valence electrons. The summed E-state index contributed by atoms with van der Waals surface area (Å²) in [6.45, 7) is 0.